The Labute approximate surface area is 129 Å². The molecule has 0 aliphatic rings. The highest BCUT2D eigenvalue weighted by atomic mass is 35.5. The third-order valence-electron chi connectivity index (χ3n) is 2.94. The molecule has 1 amide bonds. The molecule has 0 saturated carbocycles. The van der Waals surface area contributed by atoms with Gasteiger partial charge in [-0.15, -0.1) is 11.6 Å². The lowest BCUT2D eigenvalue weighted by Crippen LogP contribution is -2.13. The van der Waals surface area contributed by atoms with E-state index in [1.54, 1.807) is 12.1 Å². The quantitative estimate of drug-likeness (QED) is 0.647. The molecule has 0 unspecified atom stereocenters. The normalized spacial score (nSPS) is 11.3. The van der Waals surface area contributed by atoms with Gasteiger partial charge < -0.3 is 10.4 Å². The number of phenolic OH excluding ortho intramolecular Hbond substituents is 1. The van der Waals surface area contributed by atoms with Crippen LogP contribution in [0, 0.1) is 0 Å². The monoisotopic (exact) mass is 329 g/mol. The number of aromatic hydroxyl groups is 1. The average Bonchev–Trinajstić information content (AvgIpc) is 2.48. The lowest BCUT2D eigenvalue weighted by Gasteiger charge is -2.11. The molecule has 2 rings (SSSR count). The minimum atomic E-state index is -4.56. The van der Waals surface area contributed by atoms with Crippen molar-refractivity contribution >= 4 is 23.2 Å². The minimum Gasteiger partial charge on any atom is -0.506 e. The molecule has 0 aliphatic carbocycles. The van der Waals surface area contributed by atoms with Crippen LogP contribution in [0.2, 0.25) is 0 Å². The van der Waals surface area contributed by atoms with Crippen molar-refractivity contribution in [2.24, 2.45) is 0 Å². The van der Waals surface area contributed by atoms with Gasteiger partial charge in [-0.05, 0) is 35.9 Å². The van der Waals surface area contributed by atoms with Crippen molar-refractivity contribution in [1.82, 2.24) is 0 Å². The molecule has 2 aromatic carbocycles. The van der Waals surface area contributed by atoms with Crippen molar-refractivity contribution in [3.63, 3.8) is 0 Å². The Morgan fingerprint density at radius 1 is 1.14 bits per heavy atom. The van der Waals surface area contributed by atoms with Crippen molar-refractivity contribution in [1.29, 1.82) is 0 Å². The second-order valence-corrected chi connectivity index (χ2v) is 4.78. The van der Waals surface area contributed by atoms with Gasteiger partial charge >= 0.3 is 6.18 Å². The van der Waals surface area contributed by atoms with Crippen molar-refractivity contribution < 1.29 is 23.1 Å². The summed E-state index contributed by atoms with van der Waals surface area (Å²) >= 11 is 5.63. The molecule has 0 heterocycles. The molecule has 2 aromatic rings. The first kappa shape index (κ1) is 16.2. The summed E-state index contributed by atoms with van der Waals surface area (Å²) in [6.45, 7) is 0. The van der Waals surface area contributed by atoms with E-state index in [2.05, 4.69) is 5.32 Å². The Bertz CT molecular complexity index is 684. The lowest BCUT2D eigenvalue weighted by atomic mass is 10.1. The molecule has 0 aliphatic heterocycles. The van der Waals surface area contributed by atoms with Crippen molar-refractivity contribution in [3.8, 4) is 5.75 Å². The van der Waals surface area contributed by atoms with E-state index >= 15 is 0 Å². The van der Waals surface area contributed by atoms with Crippen LogP contribution < -0.4 is 5.32 Å². The zero-order chi connectivity index (χ0) is 16.3. The van der Waals surface area contributed by atoms with Gasteiger partial charge in [0.2, 0.25) is 0 Å². The summed E-state index contributed by atoms with van der Waals surface area (Å²) in [4.78, 5) is 12.0. The summed E-state index contributed by atoms with van der Waals surface area (Å²) in [6, 6.07) is 8.56. The number of carbonyl (C=O) groups is 1. The maximum Gasteiger partial charge on any atom is 0.416 e. The summed E-state index contributed by atoms with van der Waals surface area (Å²) in [6.07, 6.45) is -4.56. The second kappa shape index (κ2) is 6.27. The Balaban J connectivity index is 2.23. The molecule has 0 atom stereocenters. The molecule has 0 spiro atoms. The van der Waals surface area contributed by atoms with Gasteiger partial charge in [0, 0.05) is 11.4 Å². The molecule has 2 N–H and O–H groups in total. The van der Waals surface area contributed by atoms with Crippen molar-refractivity contribution in [3.05, 3.63) is 59.2 Å². The highest BCUT2D eigenvalue weighted by Gasteiger charge is 2.31. The van der Waals surface area contributed by atoms with Gasteiger partial charge in [-0.25, -0.2) is 0 Å². The van der Waals surface area contributed by atoms with E-state index in [9.17, 15) is 23.1 Å². The highest BCUT2D eigenvalue weighted by molar-refractivity contribution is 6.17. The third kappa shape index (κ3) is 3.71. The molecule has 116 valence electrons. The molecule has 0 radical (unpaired) electrons. The van der Waals surface area contributed by atoms with Crippen LogP contribution in [0.3, 0.4) is 0 Å². The predicted octanol–water partition coefficient (Wildman–Crippen LogP) is 4.40. The molecule has 0 saturated heterocycles. The number of anilines is 1. The Morgan fingerprint density at radius 2 is 1.77 bits per heavy atom. The number of phenols is 1. The van der Waals surface area contributed by atoms with E-state index in [4.69, 9.17) is 11.6 Å². The van der Waals surface area contributed by atoms with Crippen LogP contribution in [0.4, 0.5) is 18.9 Å². The maximum atomic E-state index is 12.6. The molecule has 0 fully saturated rings. The van der Waals surface area contributed by atoms with E-state index < -0.39 is 23.4 Å². The van der Waals surface area contributed by atoms with Crippen LogP contribution in [0.15, 0.2) is 42.5 Å². The van der Waals surface area contributed by atoms with E-state index in [1.165, 1.54) is 12.1 Å². The predicted molar refractivity (Wildman–Crippen MR) is 77.1 cm³/mol. The van der Waals surface area contributed by atoms with E-state index in [0.717, 1.165) is 17.7 Å². The smallest absolute Gasteiger partial charge is 0.416 e. The number of amides is 1. The minimum absolute atomic E-state index is 0.241. The molecule has 7 heteroatoms. The first-order valence-electron chi connectivity index (χ1n) is 6.17. The summed E-state index contributed by atoms with van der Waals surface area (Å²) in [5, 5.41) is 11.8. The fraction of sp³-hybridized carbons (Fsp3) is 0.133. The fourth-order valence-corrected chi connectivity index (χ4v) is 1.93. The molecular formula is C15H11ClF3NO2. The van der Waals surface area contributed by atoms with Crippen molar-refractivity contribution in [2.75, 3.05) is 5.32 Å². The Hall–Kier alpha value is -2.21. The summed E-state index contributed by atoms with van der Waals surface area (Å²) in [7, 11) is 0. The van der Waals surface area contributed by atoms with Crippen LogP contribution in [-0.4, -0.2) is 11.0 Å². The summed E-state index contributed by atoms with van der Waals surface area (Å²) < 4.78 is 37.9. The number of benzene rings is 2. The molecule has 0 bridgehead atoms. The number of alkyl halides is 4. The molecular weight excluding hydrogens is 319 g/mol. The number of hydrogen-bond acceptors (Lipinski definition) is 2. The first-order chi connectivity index (χ1) is 10.3. The van der Waals surface area contributed by atoms with Crippen LogP contribution in [0.1, 0.15) is 21.5 Å². The molecule has 0 aromatic heterocycles. The van der Waals surface area contributed by atoms with Crippen LogP contribution in [0.25, 0.3) is 0 Å². The van der Waals surface area contributed by atoms with Gasteiger partial charge in [0.25, 0.3) is 5.91 Å². The largest absolute Gasteiger partial charge is 0.506 e. The number of halogens is 4. The van der Waals surface area contributed by atoms with Gasteiger partial charge in [-0.2, -0.15) is 13.2 Å². The van der Waals surface area contributed by atoms with Crippen LogP contribution >= 0.6 is 11.6 Å². The third-order valence-corrected chi connectivity index (χ3v) is 3.25. The van der Waals surface area contributed by atoms with Crippen LogP contribution in [0.5, 0.6) is 5.75 Å². The number of rotatable bonds is 3. The SMILES string of the molecule is O=C(Nc1cc(C(F)(F)F)ccc1O)c1ccc(CCl)cc1. The van der Waals surface area contributed by atoms with Gasteiger partial charge in [-0.3, -0.25) is 4.79 Å². The standard InChI is InChI=1S/C15H11ClF3NO2/c16-8-9-1-3-10(4-2-9)14(22)20-12-7-11(15(17,18)19)5-6-13(12)21/h1-7,21H,8H2,(H,20,22). The Morgan fingerprint density at radius 3 is 2.32 bits per heavy atom. The molecule has 22 heavy (non-hydrogen) atoms. The summed E-state index contributed by atoms with van der Waals surface area (Å²) in [5.74, 6) is -0.787. The van der Waals surface area contributed by atoms with Crippen molar-refractivity contribution in [2.45, 2.75) is 12.1 Å². The van der Waals surface area contributed by atoms with Gasteiger partial charge in [0.15, 0.2) is 0 Å². The van der Waals surface area contributed by atoms with E-state index in [0.29, 0.717) is 6.07 Å². The van der Waals surface area contributed by atoms with E-state index in [1.807, 2.05) is 0 Å². The molecule has 3 nitrogen and oxygen atoms in total. The highest BCUT2D eigenvalue weighted by Crippen LogP contribution is 2.34. The number of hydrogen-bond donors (Lipinski definition) is 2. The second-order valence-electron chi connectivity index (χ2n) is 4.51. The topological polar surface area (TPSA) is 49.3 Å². The fourth-order valence-electron chi connectivity index (χ4n) is 1.75. The zero-order valence-electron chi connectivity index (χ0n) is 11.1. The lowest BCUT2D eigenvalue weighted by molar-refractivity contribution is -0.137. The average molecular weight is 330 g/mol. The number of carbonyl (C=O) groups excluding carboxylic acids is 1. The van der Waals surface area contributed by atoms with Gasteiger partial charge in [0.05, 0.1) is 11.3 Å². The first-order valence-corrected chi connectivity index (χ1v) is 6.71. The van der Waals surface area contributed by atoms with Gasteiger partial charge in [0.1, 0.15) is 5.75 Å². The maximum absolute atomic E-state index is 12.6. The zero-order valence-corrected chi connectivity index (χ0v) is 11.9. The van der Waals surface area contributed by atoms with E-state index in [-0.39, 0.29) is 17.1 Å². The van der Waals surface area contributed by atoms with Gasteiger partial charge in [-0.1, -0.05) is 12.1 Å². The van der Waals surface area contributed by atoms with Crippen LogP contribution in [-0.2, 0) is 12.1 Å². The summed E-state index contributed by atoms with van der Waals surface area (Å²) in [5.41, 5.74) is -0.217. The Kier molecular flexibility index (Phi) is 4.61. The number of nitrogens with one attached hydrogen (secondary N) is 1.